The van der Waals surface area contributed by atoms with Gasteiger partial charge in [-0.15, -0.1) is 11.3 Å². The number of amides is 1. The molecule has 0 saturated carbocycles. The zero-order chi connectivity index (χ0) is 16.5. The highest BCUT2D eigenvalue weighted by Crippen LogP contribution is 2.32. The van der Waals surface area contributed by atoms with E-state index in [0.717, 1.165) is 45.3 Å². The molecule has 3 aliphatic rings. The number of nitrogens with zero attached hydrogens (tertiary/aromatic N) is 2. The molecular weight excluding hydrogens is 320 g/mol. The van der Waals surface area contributed by atoms with Crippen LogP contribution in [0, 0.1) is 5.92 Å². The zero-order valence-electron chi connectivity index (χ0n) is 14.0. The van der Waals surface area contributed by atoms with Gasteiger partial charge in [0.1, 0.15) is 5.01 Å². The fourth-order valence-corrected chi connectivity index (χ4v) is 4.89. The molecule has 0 aromatic carbocycles. The molecule has 2 atom stereocenters. The quantitative estimate of drug-likeness (QED) is 0.878. The molecule has 1 fully saturated rings. The molecule has 1 amide bonds. The number of fused-ring (bicyclic) bond motifs is 1. The van der Waals surface area contributed by atoms with Crippen LogP contribution in [0.4, 0.5) is 0 Å². The average molecular weight is 344 g/mol. The Bertz CT molecular complexity index is 660. The topological polar surface area (TPSA) is 57.3 Å². The first-order valence-corrected chi connectivity index (χ1v) is 9.63. The fourth-order valence-electron chi connectivity index (χ4n) is 3.68. The summed E-state index contributed by atoms with van der Waals surface area (Å²) in [6.45, 7) is 2.90. The molecule has 128 valence electrons. The smallest absolute Gasteiger partial charge is 0.224 e. The van der Waals surface area contributed by atoms with E-state index in [1.807, 2.05) is 11.3 Å². The Hall–Kier alpha value is -1.66. The fraction of sp³-hybridized carbons (Fsp3) is 0.556. The van der Waals surface area contributed by atoms with E-state index in [4.69, 9.17) is 4.98 Å². The van der Waals surface area contributed by atoms with Gasteiger partial charge in [0, 0.05) is 50.1 Å². The maximum Gasteiger partial charge on any atom is 0.224 e. The second kappa shape index (κ2) is 6.69. The lowest BCUT2D eigenvalue weighted by Crippen LogP contribution is -2.40. The highest BCUT2D eigenvalue weighted by atomic mass is 32.1. The SMILES string of the molecule is CNC(=O)C1CCC(c2nc3c(s2)CCN(C2=CC=C2)CC3)NC1. The normalized spacial score (nSPS) is 26.2. The summed E-state index contributed by atoms with van der Waals surface area (Å²) < 4.78 is 0. The summed E-state index contributed by atoms with van der Waals surface area (Å²) in [6.07, 6.45) is 10.5. The van der Waals surface area contributed by atoms with Crippen molar-refractivity contribution in [2.75, 3.05) is 26.7 Å². The summed E-state index contributed by atoms with van der Waals surface area (Å²) in [5, 5.41) is 7.50. The molecule has 2 unspecified atom stereocenters. The van der Waals surface area contributed by atoms with Gasteiger partial charge >= 0.3 is 0 Å². The molecule has 1 aromatic rings. The molecule has 1 aliphatic carbocycles. The van der Waals surface area contributed by atoms with Crippen LogP contribution in [0.2, 0.25) is 0 Å². The number of rotatable bonds is 3. The Labute approximate surface area is 146 Å². The van der Waals surface area contributed by atoms with Gasteiger partial charge in [0.05, 0.1) is 17.7 Å². The predicted molar refractivity (Wildman–Crippen MR) is 95.9 cm³/mol. The Kier molecular flexibility index (Phi) is 4.41. The van der Waals surface area contributed by atoms with Crippen LogP contribution in [-0.2, 0) is 17.6 Å². The summed E-state index contributed by atoms with van der Waals surface area (Å²) in [6, 6.07) is 0.316. The Morgan fingerprint density at radius 2 is 2.21 bits per heavy atom. The third kappa shape index (κ3) is 3.00. The Morgan fingerprint density at radius 3 is 2.88 bits per heavy atom. The van der Waals surface area contributed by atoms with Crippen LogP contribution >= 0.6 is 11.3 Å². The minimum Gasteiger partial charge on any atom is -0.371 e. The van der Waals surface area contributed by atoms with Crippen molar-refractivity contribution in [2.24, 2.45) is 5.92 Å². The average Bonchev–Trinajstić information content (AvgIpc) is 2.89. The van der Waals surface area contributed by atoms with Crippen molar-refractivity contribution in [2.45, 2.75) is 31.7 Å². The molecule has 1 aromatic heterocycles. The van der Waals surface area contributed by atoms with E-state index in [9.17, 15) is 4.79 Å². The molecule has 5 nitrogen and oxygen atoms in total. The first-order valence-electron chi connectivity index (χ1n) is 8.81. The van der Waals surface area contributed by atoms with Gasteiger partial charge in [0.2, 0.25) is 5.91 Å². The van der Waals surface area contributed by atoms with Crippen LogP contribution in [0.25, 0.3) is 0 Å². The highest BCUT2D eigenvalue weighted by molar-refractivity contribution is 7.11. The first kappa shape index (κ1) is 15.8. The number of nitrogens with one attached hydrogen (secondary N) is 2. The van der Waals surface area contributed by atoms with E-state index in [1.54, 1.807) is 7.05 Å². The minimum atomic E-state index is 0.0985. The van der Waals surface area contributed by atoms with Crippen molar-refractivity contribution < 1.29 is 4.79 Å². The summed E-state index contributed by atoms with van der Waals surface area (Å²) in [5.41, 5.74) is 2.65. The molecule has 0 radical (unpaired) electrons. The van der Waals surface area contributed by atoms with Crippen LogP contribution in [0.3, 0.4) is 0 Å². The molecule has 3 heterocycles. The highest BCUT2D eigenvalue weighted by Gasteiger charge is 2.29. The lowest BCUT2D eigenvalue weighted by atomic mass is 9.94. The van der Waals surface area contributed by atoms with Gasteiger partial charge in [-0.3, -0.25) is 4.79 Å². The number of hydrogen-bond acceptors (Lipinski definition) is 5. The molecule has 1 saturated heterocycles. The maximum atomic E-state index is 11.7. The summed E-state index contributed by atoms with van der Waals surface area (Å²) in [4.78, 5) is 20.6. The minimum absolute atomic E-state index is 0.0985. The van der Waals surface area contributed by atoms with Crippen LogP contribution in [0.1, 0.15) is 34.5 Å². The van der Waals surface area contributed by atoms with Gasteiger partial charge in [-0.2, -0.15) is 0 Å². The van der Waals surface area contributed by atoms with E-state index in [2.05, 4.69) is 33.8 Å². The molecule has 6 heteroatoms. The molecule has 0 spiro atoms. The van der Waals surface area contributed by atoms with Gasteiger partial charge in [-0.25, -0.2) is 4.98 Å². The summed E-state index contributed by atoms with van der Waals surface area (Å²) in [7, 11) is 1.71. The largest absolute Gasteiger partial charge is 0.371 e. The Morgan fingerprint density at radius 1 is 1.38 bits per heavy atom. The van der Waals surface area contributed by atoms with E-state index in [0.29, 0.717) is 6.04 Å². The van der Waals surface area contributed by atoms with Crippen molar-refractivity contribution in [3.05, 3.63) is 39.5 Å². The van der Waals surface area contributed by atoms with Gasteiger partial charge in [-0.1, -0.05) is 6.08 Å². The molecule has 0 bridgehead atoms. The zero-order valence-corrected chi connectivity index (χ0v) is 14.9. The lowest BCUT2D eigenvalue weighted by Gasteiger charge is -2.28. The number of carbonyl (C=O) groups excluding carboxylic acids is 1. The van der Waals surface area contributed by atoms with Crippen LogP contribution < -0.4 is 10.6 Å². The number of thiazole rings is 1. The van der Waals surface area contributed by atoms with E-state index < -0.39 is 0 Å². The summed E-state index contributed by atoms with van der Waals surface area (Å²) >= 11 is 1.87. The second-order valence-electron chi connectivity index (χ2n) is 6.71. The monoisotopic (exact) mass is 344 g/mol. The van der Waals surface area contributed by atoms with Crippen LogP contribution in [0.5, 0.6) is 0 Å². The number of piperidine rings is 1. The van der Waals surface area contributed by atoms with Crippen molar-refractivity contribution in [3.63, 3.8) is 0 Å². The standard InChI is InChI=1S/C18H24N4OS/c1-19-17(23)12-5-6-15(20-11-12)18-21-14-7-9-22(13-3-2-4-13)10-8-16(14)24-18/h2-4,12,15,20H,5-11H2,1H3,(H,19,23). The number of allylic oxidation sites excluding steroid dienone is 3. The van der Waals surface area contributed by atoms with Crippen molar-refractivity contribution in [1.82, 2.24) is 20.5 Å². The molecule has 4 rings (SSSR count). The number of hydrogen-bond donors (Lipinski definition) is 2. The van der Waals surface area contributed by atoms with Gasteiger partial charge in [0.25, 0.3) is 0 Å². The van der Waals surface area contributed by atoms with Crippen molar-refractivity contribution in [1.29, 1.82) is 0 Å². The van der Waals surface area contributed by atoms with Gasteiger partial charge in [0.15, 0.2) is 0 Å². The van der Waals surface area contributed by atoms with E-state index in [-0.39, 0.29) is 11.8 Å². The van der Waals surface area contributed by atoms with Crippen LogP contribution in [-0.4, -0.2) is 42.5 Å². The van der Waals surface area contributed by atoms with Gasteiger partial charge in [-0.05, 0) is 25.0 Å². The Balaban J connectivity index is 1.38. The molecule has 2 N–H and O–H groups in total. The summed E-state index contributed by atoms with van der Waals surface area (Å²) in [5.74, 6) is 0.247. The molecule has 2 aliphatic heterocycles. The van der Waals surface area contributed by atoms with Crippen molar-refractivity contribution in [3.8, 4) is 0 Å². The van der Waals surface area contributed by atoms with E-state index >= 15 is 0 Å². The predicted octanol–water partition coefficient (Wildman–Crippen LogP) is 1.78. The van der Waals surface area contributed by atoms with Gasteiger partial charge < -0.3 is 15.5 Å². The third-order valence-electron chi connectivity index (χ3n) is 5.25. The lowest BCUT2D eigenvalue weighted by molar-refractivity contribution is -0.125. The second-order valence-corrected chi connectivity index (χ2v) is 7.82. The van der Waals surface area contributed by atoms with Crippen molar-refractivity contribution >= 4 is 17.2 Å². The number of aromatic nitrogens is 1. The maximum absolute atomic E-state index is 11.7. The van der Waals surface area contributed by atoms with E-state index in [1.165, 1.54) is 21.3 Å². The first-order chi connectivity index (χ1) is 11.7. The number of carbonyl (C=O) groups is 1. The molecule has 24 heavy (non-hydrogen) atoms. The third-order valence-corrected chi connectivity index (χ3v) is 6.52. The van der Waals surface area contributed by atoms with Crippen LogP contribution in [0.15, 0.2) is 23.9 Å². The molecular formula is C18H24N4OS.